The molecule has 0 bridgehead atoms. The Morgan fingerprint density at radius 2 is 1.62 bits per heavy atom. The van der Waals surface area contributed by atoms with E-state index in [0.717, 1.165) is 0 Å². The van der Waals surface area contributed by atoms with Gasteiger partial charge in [-0.25, -0.2) is 0 Å². The van der Waals surface area contributed by atoms with Crippen LogP contribution in [0.15, 0.2) is 0 Å². The molecule has 0 saturated carbocycles. The van der Waals surface area contributed by atoms with Gasteiger partial charge in [-0.3, -0.25) is 4.90 Å². The average Bonchev–Trinajstić information content (AvgIpc) is 2.31. The highest BCUT2D eigenvalue weighted by atomic mass is 15.3. The average molecular weight is 227 g/mol. The van der Waals surface area contributed by atoms with E-state index in [-0.39, 0.29) is 0 Å². The third kappa shape index (κ3) is 4.81. The topological polar surface area (TPSA) is 18.5 Å². The molecule has 0 aliphatic carbocycles. The molecule has 1 atom stereocenters. The van der Waals surface area contributed by atoms with E-state index in [9.17, 15) is 0 Å². The number of nitrogens with one attached hydrogen (secondary N) is 1. The SMILES string of the molecule is CCCC(CN1CCN(CCC)CC1)NC. The fourth-order valence-corrected chi connectivity index (χ4v) is 2.50. The van der Waals surface area contributed by atoms with Gasteiger partial charge < -0.3 is 10.2 Å². The summed E-state index contributed by atoms with van der Waals surface area (Å²) in [6.07, 6.45) is 3.86. The molecule has 96 valence electrons. The quantitative estimate of drug-likeness (QED) is 0.709. The predicted molar refractivity (Wildman–Crippen MR) is 70.9 cm³/mol. The molecule has 1 heterocycles. The normalized spacial score (nSPS) is 21.2. The van der Waals surface area contributed by atoms with E-state index in [2.05, 4.69) is 36.0 Å². The van der Waals surface area contributed by atoms with Crippen LogP contribution in [0.1, 0.15) is 33.1 Å². The van der Waals surface area contributed by atoms with Gasteiger partial charge in [0.1, 0.15) is 0 Å². The lowest BCUT2D eigenvalue weighted by Gasteiger charge is -2.36. The zero-order chi connectivity index (χ0) is 11.8. The van der Waals surface area contributed by atoms with Gasteiger partial charge >= 0.3 is 0 Å². The number of hydrogen-bond acceptors (Lipinski definition) is 3. The van der Waals surface area contributed by atoms with Gasteiger partial charge in [-0.1, -0.05) is 20.3 Å². The molecule has 16 heavy (non-hydrogen) atoms. The van der Waals surface area contributed by atoms with E-state index in [1.807, 2.05) is 0 Å². The van der Waals surface area contributed by atoms with E-state index in [1.54, 1.807) is 0 Å². The zero-order valence-corrected chi connectivity index (χ0v) is 11.3. The predicted octanol–water partition coefficient (Wildman–Crippen LogP) is 1.40. The molecule has 1 saturated heterocycles. The van der Waals surface area contributed by atoms with E-state index in [1.165, 1.54) is 58.5 Å². The van der Waals surface area contributed by atoms with Crippen molar-refractivity contribution < 1.29 is 0 Å². The van der Waals surface area contributed by atoms with Gasteiger partial charge in [0.05, 0.1) is 0 Å². The molecule has 1 N–H and O–H groups in total. The van der Waals surface area contributed by atoms with Gasteiger partial charge in [-0.2, -0.15) is 0 Å². The van der Waals surface area contributed by atoms with Crippen LogP contribution < -0.4 is 5.32 Å². The molecule has 1 fully saturated rings. The highest BCUT2D eigenvalue weighted by Gasteiger charge is 2.18. The number of likely N-dealkylation sites (N-methyl/N-ethyl adjacent to an activating group) is 1. The third-order valence-electron chi connectivity index (χ3n) is 3.53. The Morgan fingerprint density at radius 3 is 2.12 bits per heavy atom. The Hall–Kier alpha value is -0.120. The van der Waals surface area contributed by atoms with Crippen LogP contribution >= 0.6 is 0 Å². The molecule has 3 nitrogen and oxygen atoms in total. The summed E-state index contributed by atoms with van der Waals surface area (Å²) in [5.74, 6) is 0. The van der Waals surface area contributed by atoms with Crippen molar-refractivity contribution in [2.45, 2.75) is 39.2 Å². The first-order valence-electron chi connectivity index (χ1n) is 6.92. The van der Waals surface area contributed by atoms with Crippen molar-refractivity contribution in [1.29, 1.82) is 0 Å². The molecule has 0 radical (unpaired) electrons. The number of nitrogens with zero attached hydrogens (tertiary/aromatic N) is 2. The number of rotatable bonds is 7. The van der Waals surface area contributed by atoms with Crippen molar-refractivity contribution in [2.24, 2.45) is 0 Å². The summed E-state index contributed by atoms with van der Waals surface area (Å²) in [5.41, 5.74) is 0. The molecular formula is C13H29N3. The summed E-state index contributed by atoms with van der Waals surface area (Å²) < 4.78 is 0. The van der Waals surface area contributed by atoms with E-state index < -0.39 is 0 Å². The summed E-state index contributed by atoms with van der Waals surface area (Å²) in [6.45, 7) is 12.1. The van der Waals surface area contributed by atoms with Crippen LogP contribution in [-0.4, -0.2) is 62.2 Å². The lowest BCUT2D eigenvalue weighted by molar-refractivity contribution is 0.122. The molecular weight excluding hydrogens is 198 g/mol. The second-order valence-electron chi connectivity index (χ2n) is 4.92. The molecule has 0 aromatic rings. The summed E-state index contributed by atoms with van der Waals surface area (Å²) in [6, 6.07) is 0.683. The minimum atomic E-state index is 0.683. The zero-order valence-electron chi connectivity index (χ0n) is 11.3. The van der Waals surface area contributed by atoms with Crippen LogP contribution in [0.4, 0.5) is 0 Å². The standard InChI is InChI=1S/C13H29N3/c1-4-6-13(14-3)12-16-10-8-15(7-5-2)9-11-16/h13-14H,4-12H2,1-3H3. The van der Waals surface area contributed by atoms with Gasteiger partial charge in [0.2, 0.25) is 0 Å². The van der Waals surface area contributed by atoms with Gasteiger partial charge in [-0.05, 0) is 26.4 Å². The van der Waals surface area contributed by atoms with Crippen molar-refractivity contribution in [3.05, 3.63) is 0 Å². The summed E-state index contributed by atoms with van der Waals surface area (Å²) in [4.78, 5) is 5.20. The van der Waals surface area contributed by atoms with Crippen molar-refractivity contribution in [3.8, 4) is 0 Å². The highest BCUT2D eigenvalue weighted by molar-refractivity contribution is 4.76. The highest BCUT2D eigenvalue weighted by Crippen LogP contribution is 2.05. The largest absolute Gasteiger partial charge is 0.316 e. The van der Waals surface area contributed by atoms with Crippen molar-refractivity contribution in [1.82, 2.24) is 15.1 Å². The fraction of sp³-hybridized carbons (Fsp3) is 1.00. The lowest BCUT2D eigenvalue weighted by Crippen LogP contribution is -2.50. The molecule has 0 amide bonds. The Balaban J connectivity index is 2.20. The van der Waals surface area contributed by atoms with Gasteiger partial charge in [-0.15, -0.1) is 0 Å². The van der Waals surface area contributed by atoms with Crippen LogP contribution in [0.3, 0.4) is 0 Å². The maximum atomic E-state index is 3.43. The Labute approximate surface area is 101 Å². The van der Waals surface area contributed by atoms with Crippen molar-refractivity contribution in [3.63, 3.8) is 0 Å². The van der Waals surface area contributed by atoms with Crippen LogP contribution in [0.25, 0.3) is 0 Å². The maximum absolute atomic E-state index is 3.43. The smallest absolute Gasteiger partial charge is 0.0191 e. The molecule has 0 spiro atoms. The first-order valence-corrected chi connectivity index (χ1v) is 6.92. The maximum Gasteiger partial charge on any atom is 0.0191 e. The van der Waals surface area contributed by atoms with Crippen LogP contribution in [-0.2, 0) is 0 Å². The molecule has 0 aromatic carbocycles. The number of hydrogen-bond donors (Lipinski definition) is 1. The van der Waals surface area contributed by atoms with Crippen molar-refractivity contribution in [2.75, 3.05) is 46.3 Å². The van der Waals surface area contributed by atoms with Gasteiger partial charge in [0, 0.05) is 38.8 Å². The summed E-state index contributed by atoms with van der Waals surface area (Å²) in [7, 11) is 2.09. The monoisotopic (exact) mass is 227 g/mol. The minimum absolute atomic E-state index is 0.683. The number of piperazine rings is 1. The van der Waals surface area contributed by atoms with E-state index in [0.29, 0.717) is 6.04 Å². The van der Waals surface area contributed by atoms with Gasteiger partial charge in [0.15, 0.2) is 0 Å². The Kier molecular flexibility index (Phi) is 7.01. The Morgan fingerprint density at radius 1 is 1.00 bits per heavy atom. The third-order valence-corrected chi connectivity index (χ3v) is 3.53. The minimum Gasteiger partial charge on any atom is -0.316 e. The van der Waals surface area contributed by atoms with Crippen LogP contribution in [0, 0.1) is 0 Å². The second-order valence-corrected chi connectivity index (χ2v) is 4.92. The van der Waals surface area contributed by atoms with Crippen LogP contribution in [0.5, 0.6) is 0 Å². The first kappa shape index (κ1) is 13.9. The summed E-state index contributed by atoms with van der Waals surface area (Å²) in [5, 5.41) is 3.43. The molecule has 1 aliphatic heterocycles. The molecule has 1 rings (SSSR count). The van der Waals surface area contributed by atoms with Gasteiger partial charge in [0.25, 0.3) is 0 Å². The van der Waals surface area contributed by atoms with E-state index in [4.69, 9.17) is 0 Å². The van der Waals surface area contributed by atoms with Crippen molar-refractivity contribution >= 4 is 0 Å². The lowest BCUT2D eigenvalue weighted by atomic mass is 10.1. The first-order chi connectivity index (χ1) is 7.80. The van der Waals surface area contributed by atoms with Crippen LogP contribution in [0.2, 0.25) is 0 Å². The summed E-state index contributed by atoms with van der Waals surface area (Å²) >= 11 is 0. The second kappa shape index (κ2) is 8.04. The molecule has 1 aliphatic rings. The molecule has 1 unspecified atom stereocenters. The Bertz CT molecular complexity index is 165. The molecule has 0 aromatic heterocycles. The fourth-order valence-electron chi connectivity index (χ4n) is 2.50. The molecule has 3 heteroatoms. The van der Waals surface area contributed by atoms with E-state index >= 15 is 0 Å².